The van der Waals surface area contributed by atoms with Gasteiger partial charge in [-0.05, 0) is 74.9 Å². The Hall–Kier alpha value is -3.39. The maximum Gasteiger partial charge on any atom is 0.264 e. The second-order valence-electron chi connectivity index (χ2n) is 7.61. The summed E-state index contributed by atoms with van der Waals surface area (Å²) in [7, 11) is -3.70. The zero-order chi connectivity index (χ0) is 24.0. The van der Waals surface area contributed by atoms with E-state index in [9.17, 15) is 17.6 Å². The van der Waals surface area contributed by atoms with Gasteiger partial charge in [0.15, 0.2) is 6.61 Å². The number of carbonyl (C=O) groups excluding carboxylic acids is 1. The topological polar surface area (TPSA) is 75.7 Å². The fourth-order valence-electron chi connectivity index (χ4n) is 3.30. The van der Waals surface area contributed by atoms with Crippen molar-refractivity contribution in [1.82, 2.24) is 5.32 Å². The van der Waals surface area contributed by atoms with Crippen molar-refractivity contribution in [2.45, 2.75) is 31.7 Å². The molecule has 0 saturated carbocycles. The zero-order valence-corrected chi connectivity index (χ0v) is 19.6. The van der Waals surface area contributed by atoms with Crippen molar-refractivity contribution in [2.24, 2.45) is 0 Å². The maximum absolute atomic E-state index is 13.0. The van der Waals surface area contributed by atoms with E-state index < -0.39 is 10.0 Å². The molecule has 6 nitrogen and oxygen atoms in total. The van der Waals surface area contributed by atoms with Crippen LogP contribution in [0.15, 0.2) is 77.7 Å². The van der Waals surface area contributed by atoms with Crippen LogP contribution >= 0.6 is 0 Å². The molecule has 1 N–H and O–H groups in total. The van der Waals surface area contributed by atoms with E-state index in [4.69, 9.17) is 4.74 Å². The Balaban J connectivity index is 1.61. The lowest BCUT2D eigenvalue weighted by molar-refractivity contribution is -0.123. The van der Waals surface area contributed by atoms with Crippen LogP contribution in [0.25, 0.3) is 0 Å². The summed E-state index contributed by atoms with van der Waals surface area (Å²) in [5.74, 6) is -0.225. The third kappa shape index (κ3) is 6.10. The molecule has 174 valence electrons. The summed E-state index contributed by atoms with van der Waals surface area (Å²) >= 11 is 0. The number of nitrogens with one attached hydrogen (secondary N) is 1. The molecule has 1 atom stereocenters. The Kier molecular flexibility index (Phi) is 7.71. The molecule has 0 heterocycles. The number of carbonyl (C=O) groups is 1. The van der Waals surface area contributed by atoms with Gasteiger partial charge in [-0.2, -0.15) is 0 Å². The summed E-state index contributed by atoms with van der Waals surface area (Å²) in [4.78, 5) is 12.4. The average molecular weight is 471 g/mol. The molecule has 8 heteroatoms. The van der Waals surface area contributed by atoms with Gasteiger partial charge >= 0.3 is 0 Å². The number of rotatable bonds is 9. The monoisotopic (exact) mass is 470 g/mol. The Morgan fingerprint density at radius 1 is 1.00 bits per heavy atom. The van der Waals surface area contributed by atoms with E-state index in [0.29, 0.717) is 11.4 Å². The van der Waals surface area contributed by atoms with Gasteiger partial charge in [-0.15, -0.1) is 0 Å². The van der Waals surface area contributed by atoms with E-state index >= 15 is 0 Å². The molecule has 0 radical (unpaired) electrons. The van der Waals surface area contributed by atoms with Crippen LogP contribution in [0, 0.1) is 12.7 Å². The number of hydrogen-bond donors (Lipinski definition) is 1. The molecule has 3 aromatic rings. The van der Waals surface area contributed by atoms with Crippen LogP contribution in [0.5, 0.6) is 5.75 Å². The Labute approximate surface area is 194 Å². The van der Waals surface area contributed by atoms with E-state index in [1.165, 1.54) is 16.4 Å². The molecular weight excluding hydrogens is 443 g/mol. The molecule has 0 aliphatic heterocycles. The lowest BCUT2D eigenvalue weighted by Crippen LogP contribution is -2.31. The van der Waals surface area contributed by atoms with Crippen molar-refractivity contribution in [3.05, 3.63) is 89.7 Å². The normalized spacial score (nSPS) is 12.1. The lowest BCUT2D eigenvalue weighted by atomic mass is 10.1. The van der Waals surface area contributed by atoms with E-state index in [1.807, 2.05) is 6.92 Å². The van der Waals surface area contributed by atoms with Gasteiger partial charge in [-0.3, -0.25) is 9.10 Å². The minimum atomic E-state index is -3.70. The van der Waals surface area contributed by atoms with Crippen LogP contribution in [0.4, 0.5) is 10.1 Å². The van der Waals surface area contributed by atoms with Crippen molar-refractivity contribution >= 4 is 21.6 Å². The van der Waals surface area contributed by atoms with Gasteiger partial charge in [-0.25, -0.2) is 12.8 Å². The number of amides is 1. The van der Waals surface area contributed by atoms with E-state index in [2.05, 4.69) is 5.32 Å². The Bertz CT molecular complexity index is 1180. The average Bonchev–Trinajstić information content (AvgIpc) is 2.79. The quantitative estimate of drug-likeness (QED) is 0.496. The lowest BCUT2D eigenvalue weighted by Gasteiger charge is -2.23. The predicted molar refractivity (Wildman–Crippen MR) is 126 cm³/mol. The van der Waals surface area contributed by atoms with Gasteiger partial charge in [0.2, 0.25) is 0 Å². The summed E-state index contributed by atoms with van der Waals surface area (Å²) in [6.45, 7) is 5.52. The SMILES string of the molecule is CCN(c1ccc(OCC(=O)NC(C)c2ccc(F)cc2)cc1)S(=O)(=O)c1ccc(C)cc1. The number of nitrogens with zero attached hydrogens (tertiary/aromatic N) is 1. The van der Waals surface area contributed by atoms with Gasteiger partial charge in [0.1, 0.15) is 11.6 Å². The molecule has 3 rings (SSSR count). The first kappa shape index (κ1) is 24.3. The first-order chi connectivity index (χ1) is 15.7. The third-order valence-electron chi connectivity index (χ3n) is 5.14. The highest BCUT2D eigenvalue weighted by Gasteiger charge is 2.23. The number of ether oxygens (including phenoxy) is 1. The molecular formula is C25H27FN2O4S. The number of benzene rings is 3. The highest BCUT2D eigenvalue weighted by Crippen LogP contribution is 2.26. The number of anilines is 1. The molecule has 3 aromatic carbocycles. The minimum Gasteiger partial charge on any atom is -0.484 e. The van der Waals surface area contributed by atoms with Crippen LogP contribution < -0.4 is 14.4 Å². The first-order valence-corrected chi connectivity index (χ1v) is 12.0. The van der Waals surface area contributed by atoms with Crippen molar-refractivity contribution < 1.29 is 22.3 Å². The summed E-state index contributed by atoms with van der Waals surface area (Å²) in [5.41, 5.74) is 2.26. The van der Waals surface area contributed by atoms with Crippen LogP contribution in [0.2, 0.25) is 0 Å². The highest BCUT2D eigenvalue weighted by atomic mass is 32.2. The zero-order valence-electron chi connectivity index (χ0n) is 18.8. The molecule has 1 unspecified atom stereocenters. The van der Waals surface area contributed by atoms with Gasteiger partial charge in [0, 0.05) is 6.54 Å². The summed E-state index contributed by atoms with van der Waals surface area (Å²) < 4.78 is 46.0. The van der Waals surface area contributed by atoms with Crippen LogP contribution in [-0.4, -0.2) is 27.5 Å². The third-order valence-corrected chi connectivity index (χ3v) is 7.06. The van der Waals surface area contributed by atoms with Gasteiger partial charge < -0.3 is 10.1 Å². The standard InChI is InChI=1S/C25H27FN2O4S/c1-4-28(33(30,31)24-15-5-18(2)6-16-24)22-11-13-23(14-12-22)32-17-25(29)27-19(3)20-7-9-21(26)10-8-20/h5-16,19H,4,17H2,1-3H3,(H,27,29). The molecule has 0 spiro atoms. The molecule has 0 aliphatic rings. The largest absolute Gasteiger partial charge is 0.484 e. The van der Waals surface area contributed by atoms with Gasteiger partial charge in [0.05, 0.1) is 16.6 Å². The maximum atomic E-state index is 13.0. The van der Waals surface area contributed by atoms with E-state index in [-0.39, 0.29) is 35.8 Å². The second-order valence-corrected chi connectivity index (χ2v) is 9.47. The number of halogens is 1. The van der Waals surface area contributed by atoms with E-state index in [0.717, 1.165) is 11.1 Å². The smallest absolute Gasteiger partial charge is 0.264 e. The van der Waals surface area contributed by atoms with Gasteiger partial charge in [0.25, 0.3) is 15.9 Å². The van der Waals surface area contributed by atoms with Crippen LogP contribution in [0.3, 0.4) is 0 Å². The van der Waals surface area contributed by atoms with Crippen LogP contribution in [-0.2, 0) is 14.8 Å². The molecule has 0 bridgehead atoms. The summed E-state index contributed by atoms with van der Waals surface area (Å²) in [6.07, 6.45) is 0. The van der Waals surface area contributed by atoms with Crippen molar-refractivity contribution in [1.29, 1.82) is 0 Å². The number of sulfonamides is 1. The molecule has 1 amide bonds. The van der Waals surface area contributed by atoms with Gasteiger partial charge in [-0.1, -0.05) is 29.8 Å². The van der Waals surface area contributed by atoms with Crippen molar-refractivity contribution in [2.75, 3.05) is 17.5 Å². The van der Waals surface area contributed by atoms with Crippen LogP contribution in [0.1, 0.15) is 31.0 Å². The first-order valence-electron chi connectivity index (χ1n) is 10.6. The Morgan fingerprint density at radius 3 is 2.18 bits per heavy atom. The number of aryl methyl sites for hydroxylation is 1. The second kappa shape index (κ2) is 10.5. The predicted octanol–water partition coefficient (Wildman–Crippen LogP) is 4.61. The highest BCUT2D eigenvalue weighted by molar-refractivity contribution is 7.92. The molecule has 33 heavy (non-hydrogen) atoms. The molecule has 0 fully saturated rings. The fraction of sp³-hybridized carbons (Fsp3) is 0.240. The van der Waals surface area contributed by atoms with E-state index in [1.54, 1.807) is 74.5 Å². The Morgan fingerprint density at radius 2 is 1.61 bits per heavy atom. The fourth-order valence-corrected chi connectivity index (χ4v) is 4.78. The minimum absolute atomic E-state index is 0.204. The number of hydrogen-bond acceptors (Lipinski definition) is 4. The van der Waals surface area contributed by atoms with Crippen molar-refractivity contribution in [3.8, 4) is 5.75 Å². The molecule has 0 saturated heterocycles. The summed E-state index contributed by atoms with van der Waals surface area (Å²) in [5, 5.41) is 2.79. The van der Waals surface area contributed by atoms with Crippen molar-refractivity contribution in [3.63, 3.8) is 0 Å². The summed E-state index contributed by atoms with van der Waals surface area (Å²) in [6, 6.07) is 18.9. The molecule has 0 aliphatic carbocycles. The molecule has 0 aromatic heterocycles.